The Bertz CT molecular complexity index is 670. The van der Waals surface area contributed by atoms with E-state index < -0.39 is 0 Å². The molecule has 2 N–H and O–H groups in total. The maximum Gasteiger partial charge on any atom is 0.224 e. The summed E-state index contributed by atoms with van der Waals surface area (Å²) in [7, 11) is 4.13. The monoisotopic (exact) mass is 423 g/mol. The second kappa shape index (κ2) is 7.44. The van der Waals surface area contributed by atoms with E-state index in [0.29, 0.717) is 11.9 Å². The van der Waals surface area contributed by atoms with Gasteiger partial charge in [0.15, 0.2) is 0 Å². The highest BCUT2D eigenvalue weighted by molar-refractivity contribution is 14.1. The lowest BCUT2D eigenvalue weighted by Gasteiger charge is -2.13. The molecule has 0 radical (unpaired) electrons. The Morgan fingerprint density at radius 1 is 1.22 bits per heavy atom. The predicted octanol–water partition coefficient (Wildman–Crippen LogP) is 3.68. The zero-order chi connectivity index (χ0) is 16.2. The van der Waals surface area contributed by atoms with Gasteiger partial charge >= 0.3 is 0 Å². The lowest BCUT2D eigenvalue weighted by Crippen LogP contribution is -2.21. The van der Waals surface area contributed by atoms with Crippen LogP contribution in [0.1, 0.15) is 24.5 Å². The molecule has 1 saturated carbocycles. The summed E-state index contributed by atoms with van der Waals surface area (Å²) in [6.45, 7) is 1.79. The molecule has 0 aliphatic heterocycles. The van der Waals surface area contributed by atoms with Gasteiger partial charge in [0.25, 0.3) is 0 Å². The summed E-state index contributed by atoms with van der Waals surface area (Å²) in [5.74, 6) is 2.17. The first-order valence-electron chi connectivity index (χ1n) is 7.91. The third kappa shape index (κ3) is 4.78. The molecule has 5 nitrogen and oxygen atoms in total. The minimum Gasteiger partial charge on any atom is -0.353 e. The summed E-state index contributed by atoms with van der Waals surface area (Å²) in [5.41, 5.74) is 2.22. The highest BCUT2D eigenvalue weighted by atomic mass is 127. The van der Waals surface area contributed by atoms with Gasteiger partial charge in [-0.2, -0.15) is 4.98 Å². The number of likely N-dealkylation sites (N-methyl/N-ethyl adjacent to an activating group) is 1. The maximum absolute atomic E-state index is 4.67. The molecule has 0 atom stereocenters. The molecule has 1 heterocycles. The van der Waals surface area contributed by atoms with Crippen LogP contribution in [0, 0.1) is 3.57 Å². The van der Waals surface area contributed by atoms with Crippen molar-refractivity contribution in [1.29, 1.82) is 0 Å². The molecular formula is C17H22IN5. The van der Waals surface area contributed by atoms with Gasteiger partial charge in [-0.25, -0.2) is 4.98 Å². The molecule has 1 aromatic carbocycles. The molecular weight excluding hydrogens is 401 g/mol. The van der Waals surface area contributed by atoms with Crippen molar-refractivity contribution in [3.8, 4) is 0 Å². The number of nitrogens with zero attached hydrogens (tertiary/aromatic N) is 3. The quantitative estimate of drug-likeness (QED) is 0.666. The Labute approximate surface area is 151 Å². The minimum atomic E-state index is 0.600. The van der Waals surface area contributed by atoms with Gasteiger partial charge in [0.1, 0.15) is 5.82 Å². The predicted molar refractivity (Wildman–Crippen MR) is 103 cm³/mol. The fourth-order valence-electron chi connectivity index (χ4n) is 2.29. The number of benzene rings is 1. The van der Waals surface area contributed by atoms with Crippen molar-refractivity contribution in [3.63, 3.8) is 0 Å². The Balaban J connectivity index is 1.78. The van der Waals surface area contributed by atoms with Crippen molar-refractivity contribution in [1.82, 2.24) is 14.9 Å². The van der Waals surface area contributed by atoms with Crippen LogP contribution >= 0.6 is 22.6 Å². The van der Waals surface area contributed by atoms with Gasteiger partial charge in [0.05, 0.1) is 11.4 Å². The highest BCUT2D eigenvalue weighted by Gasteiger charge is 2.26. The second-order valence-corrected chi connectivity index (χ2v) is 7.27. The van der Waals surface area contributed by atoms with E-state index in [-0.39, 0.29) is 0 Å². The zero-order valence-electron chi connectivity index (χ0n) is 13.5. The summed E-state index contributed by atoms with van der Waals surface area (Å²) in [4.78, 5) is 11.4. The maximum atomic E-state index is 4.67. The van der Waals surface area contributed by atoms with E-state index in [0.717, 1.165) is 30.3 Å². The third-order valence-electron chi connectivity index (χ3n) is 3.72. The third-order valence-corrected chi connectivity index (χ3v) is 4.66. The van der Waals surface area contributed by atoms with Gasteiger partial charge in [0.2, 0.25) is 5.95 Å². The number of hydrogen-bond donors (Lipinski definition) is 2. The first-order chi connectivity index (χ1) is 11.1. The molecule has 0 bridgehead atoms. The molecule has 1 aromatic heterocycles. The Kier molecular flexibility index (Phi) is 5.32. The van der Waals surface area contributed by atoms with Crippen molar-refractivity contribution in [2.75, 3.05) is 37.8 Å². The molecule has 0 amide bonds. The summed E-state index contributed by atoms with van der Waals surface area (Å²) in [6.07, 6.45) is 2.47. The Morgan fingerprint density at radius 3 is 2.70 bits per heavy atom. The van der Waals surface area contributed by atoms with Crippen molar-refractivity contribution in [2.45, 2.75) is 18.8 Å². The molecule has 0 unspecified atom stereocenters. The number of aromatic nitrogens is 2. The van der Waals surface area contributed by atoms with Crippen LogP contribution in [0.15, 0.2) is 30.3 Å². The van der Waals surface area contributed by atoms with Crippen LogP contribution in [0.4, 0.5) is 17.5 Å². The largest absolute Gasteiger partial charge is 0.353 e. The molecule has 1 aliphatic carbocycles. The zero-order valence-corrected chi connectivity index (χ0v) is 15.7. The second-order valence-electron chi connectivity index (χ2n) is 6.11. The molecule has 3 rings (SSSR count). The molecule has 1 aliphatic rings. The average molecular weight is 423 g/mol. The van der Waals surface area contributed by atoms with Crippen LogP contribution in [-0.2, 0) is 0 Å². The number of hydrogen-bond acceptors (Lipinski definition) is 5. The smallest absolute Gasteiger partial charge is 0.224 e. The van der Waals surface area contributed by atoms with Crippen LogP contribution < -0.4 is 10.6 Å². The molecule has 2 aromatic rings. The molecule has 0 saturated heterocycles. The first kappa shape index (κ1) is 16.4. The summed E-state index contributed by atoms with van der Waals surface area (Å²) in [6, 6.07) is 10.3. The average Bonchev–Trinajstić information content (AvgIpc) is 3.34. The van der Waals surface area contributed by atoms with E-state index in [1.807, 2.05) is 12.1 Å². The Hall–Kier alpha value is -1.41. The molecule has 0 spiro atoms. The highest BCUT2D eigenvalue weighted by Crippen LogP contribution is 2.40. The molecule has 1 fully saturated rings. The summed E-state index contributed by atoms with van der Waals surface area (Å²) >= 11 is 2.33. The van der Waals surface area contributed by atoms with Crippen molar-refractivity contribution in [3.05, 3.63) is 39.6 Å². The van der Waals surface area contributed by atoms with E-state index >= 15 is 0 Å². The standard InChI is InChI=1S/C17H22IN5/c1-23(2)10-9-19-17-21-15(12-7-8-12)11-16(22-17)20-14-6-4-3-5-13(14)18/h3-6,11-12H,7-10H2,1-2H3,(H2,19,20,21,22). The first-order valence-corrected chi connectivity index (χ1v) is 8.99. The van der Waals surface area contributed by atoms with Gasteiger partial charge in [-0.05, 0) is 61.7 Å². The van der Waals surface area contributed by atoms with Crippen molar-refractivity contribution < 1.29 is 0 Å². The number of anilines is 3. The SMILES string of the molecule is CN(C)CCNc1nc(Nc2ccccc2I)cc(C2CC2)n1. The molecule has 23 heavy (non-hydrogen) atoms. The van der Waals surface area contributed by atoms with E-state index in [1.165, 1.54) is 16.4 Å². The molecule has 122 valence electrons. The lowest BCUT2D eigenvalue weighted by atomic mass is 10.2. The summed E-state index contributed by atoms with van der Waals surface area (Å²) < 4.78 is 1.18. The normalized spacial score (nSPS) is 14.1. The van der Waals surface area contributed by atoms with E-state index in [1.54, 1.807) is 0 Å². The number of rotatable bonds is 7. The van der Waals surface area contributed by atoms with Crippen LogP contribution in [0.3, 0.4) is 0 Å². The molecule has 6 heteroatoms. The van der Waals surface area contributed by atoms with Gasteiger partial charge in [-0.1, -0.05) is 12.1 Å². The fraction of sp³-hybridized carbons (Fsp3) is 0.412. The Morgan fingerprint density at radius 2 is 2.00 bits per heavy atom. The van der Waals surface area contributed by atoms with Crippen LogP contribution in [-0.4, -0.2) is 42.1 Å². The topological polar surface area (TPSA) is 53.1 Å². The van der Waals surface area contributed by atoms with Crippen molar-refractivity contribution in [2.24, 2.45) is 0 Å². The van der Waals surface area contributed by atoms with Gasteiger partial charge in [0, 0.05) is 28.6 Å². The van der Waals surface area contributed by atoms with E-state index in [4.69, 9.17) is 0 Å². The van der Waals surface area contributed by atoms with Crippen LogP contribution in [0.5, 0.6) is 0 Å². The van der Waals surface area contributed by atoms with Crippen LogP contribution in [0.25, 0.3) is 0 Å². The van der Waals surface area contributed by atoms with E-state index in [9.17, 15) is 0 Å². The number of halogens is 1. The van der Waals surface area contributed by atoms with Crippen LogP contribution in [0.2, 0.25) is 0 Å². The van der Waals surface area contributed by atoms with Crippen molar-refractivity contribution >= 4 is 40.0 Å². The fourth-order valence-corrected chi connectivity index (χ4v) is 2.81. The minimum absolute atomic E-state index is 0.600. The van der Waals surface area contributed by atoms with Gasteiger partial charge in [-0.3, -0.25) is 0 Å². The summed E-state index contributed by atoms with van der Waals surface area (Å²) in [5, 5.41) is 6.76. The van der Waals surface area contributed by atoms with Gasteiger partial charge < -0.3 is 15.5 Å². The van der Waals surface area contributed by atoms with E-state index in [2.05, 4.69) is 80.4 Å². The lowest BCUT2D eigenvalue weighted by molar-refractivity contribution is 0.425. The van der Waals surface area contributed by atoms with Gasteiger partial charge in [-0.15, -0.1) is 0 Å². The number of para-hydroxylation sites is 1. The number of nitrogens with one attached hydrogen (secondary N) is 2.